The number of rotatable bonds is 3. The average molecular weight is 213 g/mol. The number of aliphatic hydroxyl groups excluding tert-OH is 1. The summed E-state index contributed by atoms with van der Waals surface area (Å²) in [7, 11) is 0. The Labute approximate surface area is 92.2 Å². The van der Waals surface area contributed by atoms with Crippen LogP contribution in [0.15, 0.2) is 0 Å². The normalized spacial score (nSPS) is 37.8. The van der Waals surface area contributed by atoms with E-state index in [0.29, 0.717) is 12.1 Å². The predicted molar refractivity (Wildman–Crippen MR) is 59.9 cm³/mol. The fourth-order valence-electron chi connectivity index (χ4n) is 2.55. The smallest absolute Gasteiger partial charge is 0.0699 e. The summed E-state index contributed by atoms with van der Waals surface area (Å²) in [6.45, 7) is 1.94. The molecule has 1 unspecified atom stereocenters. The lowest BCUT2D eigenvalue weighted by molar-refractivity contribution is 0.0134. The van der Waals surface area contributed by atoms with Crippen LogP contribution in [0, 0.1) is 0 Å². The molecule has 88 valence electrons. The Morgan fingerprint density at radius 2 is 1.87 bits per heavy atom. The second-order valence-electron chi connectivity index (χ2n) is 4.90. The lowest BCUT2D eigenvalue weighted by Crippen LogP contribution is -2.40. The average Bonchev–Trinajstić information content (AvgIpc) is 2.30. The summed E-state index contributed by atoms with van der Waals surface area (Å²) in [5, 5.41) is 13.0. The molecule has 0 aromatic heterocycles. The van der Waals surface area contributed by atoms with Gasteiger partial charge in [-0.25, -0.2) is 0 Å². The Morgan fingerprint density at radius 3 is 2.53 bits per heavy atom. The van der Waals surface area contributed by atoms with Gasteiger partial charge in [0.2, 0.25) is 0 Å². The van der Waals surface area contributed by atoms with Crippen LogP contribution in [0.5, 0.6) is 0 Å². The monoisotopic (exact) mass is 213 g/mol. The van der Waals surface area contributed by atoms with Gasteiger partial charge in [-0.05, 0) is 44.9 Å². The summed E-state index contributed by atoms with van der Waals surface area (Å²) in [5.74, 6) is 0. The van der Waals surface area contributed by atoms with Crippen molar-refractivity contribution in [3.63, 3.8) is 0 Å². The molecule has 1 saturated carbocycles. The molecule has 0 aromatic carbocycles. The molecule has 1 heterocycles. The van der Waals surface area contributed by atoms with E-state index in [0.717, 1.165) is 38.8 Å². The van der Waals surface area contributed by atoms with Crippen LogP contribution in [0.2, 0.25) is 0 Å². The molecule has 2 rings (SSSR count). The molecule has 0 spiro atoms. The van der Waals surface area contributed by atoms with Crippen LogP contribution in [-0.2, 0) is 4.74 Å². The van der Waals surface area contributed by atoms with Gasteiger partial charge in [0, 0.05) is 19.2 Å². The second kappa shape index (κ2) is 5.83. The van der Waals surface area contributed by atoms with Crippen molar-refractivity contribution in [3.05, 3.63) is 0 Å². The standard InChI is InChI=1S/C12H23NO2/c14-11-6-4-10(5-7-11)13-9-12-3-1-2-8-15-12/h10-14H,1-9H2. The number of hydrogen-bond acceptors (Lipinski definition) is 3. The second-order valence-corrected chi connectivity index (χ2v) is 4.90. The van der Waals surface area contributed by atoms with Gasteiger partial charge in [0.1, 0.15) is 0 Å². The van der Waals surface area contributed by atoms with E-state index < -0.39 is 0 Å². The first-order chi connectivity index (χ1) is 7.34. The van der Waals surface area contributed by atoms with E-state index >= 15 is 0 Å². The van der Waals surface area contributed by atoms with Crippen LogP contribution in [0.3, 0.4) is 0 Å². The van der Waals surface area contributed by atoms with Gasteiger partial charge in [0.25, 0.3) is 0 Å². The van der Waals surface area contributed by atoms with Crippen molar-refractivity contribution in [2.75, 3.05) is 13.2 Å². The van der Waals surface area contributed by atoms with Crippen molar-refractivity contribution < 1.29 is 9.84 Å². The van der Waals surface area contributed by atoms with E-state index in [4.69, 9.17) is 4.74 Å². The summed E-state index contributed by atoms with van der Waals surface area (Å²) in [6, 6.07) is 0.610. The first-order valence-electron chi connectivity index (χ1n) is 6.37. The number of aliphatic hydroxyl groups is 1. The summed E-state index contributed by atoms with van der Waals surface area (Å²) in [6.07, 6.45) is 8.30. The first kappa shape index (κ1) is 11.4. The van der Waals surface area contributed by atoms with Crippen LogP contribution in [-0.4, -0.2) is 36.5 Å². The molecule has 0 amide bonds. The van der Waals surface area contributed by atoms with Crippen molar-refractivity contribution in [2.24, 2.45) is 0 Å². The Morgan fingerprint density at radius 1 is 1.07 bits per heavy atom. The quantitative estimate of drug-likeness (QED) is 0.745. The van der Waals surface area contributed by atoms with Gasteiger partial charge in [0.15, 0.2) is 0 Å². The van der Waals surface area contributed by atoms with Gasteiger partial charge in [-0.1, -0.05) is 0 Å². The Balaban J connectivity index is 1.60. The summed E-state index contributed by atoms with van der Waals surface area (Å²) >= 11 is 0. The number of hydrogen-bond donors (Lipinski definition) is 2. The summed E-state index contributed by atoms with van der Waals surface area (Å²) < 4.78 is 5.68. The molecule has 2 fully saturated rings. The molecule has 3 heteroatoms. The molecule has 0 bridgehead atoms. The van der Waals surface area contributed by atoms with Crippen molar-refractivity contribution in [2.45, 2.75) is 63.2 Å². The minimum atomic E-state index is -0.0472. The van der Waals surface area contributed by atoms with E-state index in [-0.39, 0.29) is 6.10 Å². The topological polar surface area (TPSA) is 41.5 Å². The zero-order valence-corrected chi connectivity index (χ0v) is 9.45. The van der Waals surface area contributed by atoms with Crippen molar-refractivity contribution in [1.82, 2.24) is 5.32 Å². The number of ether oxygens (including phenoxy) is 1. The van der Waals surface area contributed by atoms with Crippen LogP contribution in [0.1, 0.15) is 44.9 Å². The fourth-order valence-corrected chi connectivity index (χ4v) is 2.55. The molecule has 2 aliphatic rings. The third-order valence-electron chi connectivity index (χ3n) is 3.60. The van der Waals surface area contributed by atoms with Crippen molar-refractivity contribution >= 4 is 0 Å². The molecule has 3 nitrogen and oxygen atoms in total. The highest BCUT2D eigenvalue weighted by Crippen LogP contribution is 2.19. The third kappa shape index (κ3) is 3.74. The van der Waals surface area contributed by atoms with Crippen LogP contribution >= 0.6 is 0 Å². The molecule has 0 radical (unpaired) electrons. The maximum absolute atomic E-state index is 9.39. The Hall–Kier alpha value is -0.120. The van der Waals surface area contributed by atoms with Crippen molar-refractivity contribution in [1.29, 1.82) is 0 Å². The SMILES string of the molecule is OC1CCC(NCC2CCCCO2)CC1. The lowest BCUT2D eigenvalue weighted by Gasteiger charge is -2.29. The number of nitrogens with one attached hydrogen (secondary N) is 1. The third-order valence-corrected chi connectivity index (χ3v) is 3.60. The largest absolute Gasteiger partial charge is 0.393 e. The van der Waals surface area contributed by atoms with Gasteiger partial charge < -0.3 is 15.2 Å². The van der Waals surface area contributed by atoms with Gasteiger partial charge in [-0.2, -0.15) is 0 Å². The molecule has 1 saturated heterocycles. The lowest BCUT2D eigenvalue weighted by atomic mass is 9.93. The highest BCUT2D eigenvalue weighted by Gasteiger charge is 2.20. The van der Waals surface area contributed by atoms with E-state index in [1.807, 2.05) is 0 Å². The van der Waals surface area contributed by atoms with E-state index in [9.17, 15) is 5.11 Å². The highest BCUT2D eigenvalue weighted by molar-refractivity contribution is 4.78. The molecular weight excluding hydrogens is 190 g/mol. The molecule has 1 atom stereocenters. The molecule has 0 aromatic rings. The first-order valence-corrected chi connectivity index (χ1v) is 6.37. The molecule has 2 N–H and O–H groups in total. The van der Waals surface area contributed by atoms with Gasteiger partial charge in [-0.3, -0.25) is 0 Å². The Kier molecular flexibility index (Phi) is 4.42. The minimum absolute atomic E-state index is 0.0472. The zero-order valence-electron chi connectivity index (χ0n) is 9.45. The van der Waals surface area contributed by atoms with Crippen LogP contribution in [0.4, 0.5) is 0 Å². The van der Waals surface area contributed by atoms with E-state index in [1.165, 1.54) is 19.3 Å². The molecule has 1 aliphatic heterocycles. The Bertz CT molecular complexity index is 172. The van der Waals surface area contributed by atoms with Gasteiger partial charge >= 0.3 is 0 Å². The highest BCUT2D eigenvalue weighted by atomic mass is 16.5. The van der Waals surface area contributed by atoms with Gasteiger partial charge in [-0.15, -0.1) is 0 Å². The minimum Gasteiger partial charge on any atom is -0.393 e. The molecule has 15 heavy (non-hydrogen) atoms. The fraction of sp³-hybridized carbons (Fsp3) is 1.00. The van der Waals surface area contributed by atoms with Crippen molar-refractivity contribution in [3.8, 4) is 0 Å². The summed E-state index contributed by atoms with van der Waals surface area (Å²) in [4.78, 5) is 0. The molecule has 1 aliphatic carbocycles. The van der Waals surface area contributed by atoms with Crippen LogP contribution < -0.4 is 5.32 Å². The maximum Gasteiger partial charge on any atom is 0.0699 e. The predicted octanol–water partition coefficient (Wildman–Crippen LogP) is 1.45. The maximum atomic E-state index is 9.39. The summed E-state index contributed by atoms with van der Waals surface area (Å²) in [5.41, 5.74) is 0. The van der Waals surface area contributed by atoms with E-state index in [1.54, 1.807) is 0 Å². The van der Waals surface area contributed by atoms with Gasteiger partial charge in [0.05, 0.1) is 12.2 Å². The van der Waals surface area contributed by atoms with E-state index in [2.05, 4.69) is 5.32 Å². The molecular formula is C12H23NO2. The zero-order chi connectivity index (χ0) is 10.5. The van der Waals surface area contributed by atoms with Crippen LogP contribution in [0.25, 0.3) is 0 Å².